The highest BCUT2D eigenvalue weighted by Gasteiger charge is 2.29. The van der Waals surface area contributed by atoms with Gasteiger partial charge in [-0.3, -0.25) is 0 Å². The van der Waals surface area contributed by atoms with Gasteiger partial charge < -0.3 is 5.73 Å². The van der Waals surface area contributed by atoms with Gasteiger partial charge in [0, 0.05) is 11.3 Å². The van der Waals surface area contributed by atoms with Crippen LogP contribution in [0.15, 0.2) is 72.8 Å². The molecule has 0 fully saturated rings. The lowest BCUT2D eigenvalue weighted by atomic mass is 9.94. The fourth-order valence-electron chi connectivity index (χ4n) is 2.71. The summed E-state index contributed by atoms with van der Waals surface area (Å²) in [5.74, 6) is 0. The number of para-hydroxylation sites is 1. The molecule has 0 spiro atoms. The van der Waals surface area contributed by atoms with Gasteiger partial charge in [-0.05, 0) is 41.3 Å². The summed E-state index contributed by atoms with van der Waals surface area (Å²) in [6.45, 7) is 0. The zero-order valence-electron chi connectivity index (χ0n) is 12.8. The van der Waals surface area contributed by atoms with Crippen LogP contribution in [-0.4, -0.2) is 0 Å². The van der Waals surface area contributed by atoms with E-state index in [0.29, 0.717) is 12.1 Å². The fraction of sp³-hybridized carbons (Fsp3) is 0.100. The van der Waals surface area contributed by atoms with Gasteiger partial charge in [-0.15, -0.1) is 0 Å². The Balaban J connectivity index is 1.93. The summed E-state index contributed by atoms with van der Waals surface area (Å²) < 4.78 is 38.0. The van der Waals surface area contributed by atoms with Crippen LogP contribution in [0.1, 0.15) is 16.7 Å². The standard InChI is InChI=1S/C20H16F3N/c21-20(22,23)16-11-9-14(10-12-16)13-15-5-1-2-6-17(15)18-7-3-4-8-19(18)24/h1-12H,13,24H2. The van der Waals surface area contributed by atoms with E-state index in [4.69, 9.17) is 5.73 Å². The molecule has 0 aliphatic carbocycles. The van der Waals surface area contributed by atoms with Gasteiger partial charge in [0.1, 0.15) is 0 Å². The molecule has 3 aromatic rings. The van der Waals surface area contributed by atoms with Crippen molar-refractivity contribution in [1.29, 1.82) is 0 Å². The number of benzene rings is 3. The van der Waals surface area contributed by atoms with Crippen molar-refractivity contribution in [1.82, 2.24) is 0 Å². The van der Waals surface area contributed by atoms with E-state index >= 15 is 0 Å². The fourth-order valence-corrected chi connectivity index (χ4v) is 2.71. The molecule has 122 valence electrons. The third-order valence-corrected chi connectivity index (χ3v) is 3.94. The van der Waals surface area contributed by atoms with Crippen LogP contribution in [-0.2, 0) is 12.6 Å². The van der Waals surface area contributed by atoms with Gasteiger partial charge in [0.2, 0.25) is 0 Å². The second-order valence-corrected chi connectivity index (χ2v) is 5.62. The Morgan fingerprint density at radius 1 is 0.708 bits per heavy atom. The van der Waals surface area contributed by atoms with Crippen LogP contribution in [0.4, 0.5) is 18.9 Å². The maximum atomic E-state index is 12.7. The van der Waals surface area contributed by atoms with Gasteiger partial charge in [0.25, 0.3) is 0 Å². The van der Waals surface area contributed by atoms with Gasteiger partial charge >= 0.3 is 6.18 Å². The molecular weight excluding hydrogens is 311 g/mol. The molecule has 0 heterocycles. The van der Waals surface area contributed by atoms with Crippen molar-refractivity contribution < 1.29 is 13.2 Å². The minimum atomic E-state index is -4.31. The third kappa shape index (κ3) is 3.43. The van der Waals surface area contributed by atoms with Gasteiger partial charge in [0.05, 0.1) is 5.56 Å². The predicted octanol–water partition coefficient (Wildman–Crippen LogP) is 5.55. The first-order valence-electron chi connectivity index (χ1n) is 7.54. The zero-order valence-corrected chi connectivity index (χ0v) is 12.8. The highest BCUT2D eigenvalue weighted by molar-refractivity contribution is 5.78. The van der Waals surface area contributed by atoms with Crippen molar-refractivity contribution in [2.75, 3.05) is 5.73 Å². The minimum Gasteiger partial charge on any atom is -0.398 e. The number of nitrogen functional groups attached to an aromatic ring is 1. The van der Waals surface area contributed by atoms with Crippen molar-refractivity contribution in [2.24, 2.45) is 0 Å². The van der Waals surface area contributed by atoms with Gasteiger partial charge in [-0.2, -0.15) is 13.2 Å². The van der Waals surface area contributed by atoms with Crippen LogP contribution in [0, 0.1) is 0 Å². The molecule has 3 rings (SSSR count). The van der Waals surface area contributed by atoms with E-state index in [0.717, 1.165) is 34.4 Å². The maximum Gasteiger partial charge on any atom is 0.416 e. The largest absolute Gasteiger partial charge is 0.416 e. The van der Waals surface area contributed by atoms with Crippen LogP contribution in [0.2, 0.25) is 0 Å². The normalized spacial score (nSPS) is 11.5. The number of hydrogen-bond donors (Lipinski definition) is 1. The summed E-state index contributed by atoms with van der Waals surface area (Å²) in [4.78, 5) is 0. The Kier molecular flexibility index (Phi) is 4.30. The van der Waals surface area contributed by atoms with Crippen molar-refractivity contribution >= 4 is 5.69 Å². The average molecular weight is 327 g/mol. The maximum absolute atomic E-state index is 12.7. The highest BCUT2D eigenvalue weighted by Crippen LogP contribution is 2.32. The van der Waals surface area contributed by atoms with E-state index in [1.807, 2.05) is 48.5 Å². The molecular formula is C20H16F3N. The van der Waals surface area contributed by atoms with Crippen LogP contribution >= 0.6 is 0 Å². The number of hydrogen-bond acceptors (Lipinski definition) is 1. The molecule has 0 aliphatic heterocycles. The first-order valence-corrected chi connectivity index (χ1v) is 7.54. The molecule has 0 amide bonds. The van der Waals surface area contributed by atoms with Crippen LogP contribution in [0.25, 0.3) is 11.1 Å². The highest BCUT2D eigenvalue weighted by atomic mass is 19.4. The molecule has 1 nitrogen and oxygen atoms in total. The summed E-state index contributed by atoms with van der Waals surface area (Å²) >= 11 is 0. The lowest BCUT2D eigenvalue weighted by molar-refractivity contribution is -0.137. The zero-order chi connectivity index (χ0) is 17.2. The molecule has 24 heavy (non-hydrogen) atoms. The van der Waals surface area contributed by atoms with E-state index in [1.165, 1.54) is 12.1 Å². The molecule has 4 heteroatoms. The Morgan fingerprint density at radius 3 is 1.92 bits per heavy atom. The Hall–Kier alpha value is -2.75. The lowest BCUT2D eigenvalue weighted by Crippen LogP contribution is -2.04. The van der Waals surface area contributed by atoms with Crippen molar-refractivity contribution in [2.45, 2.75) is 12.6 Å². The molecule has 0 saturated heterocycles. The molecule has 0 unspecified atom stereocenters. The summed E-state index contributed by atoms with van der Waals surface area (Å²) in [7, 11) is 0. The van der Waals surface area contributed by atoms with E-state index < -0.39 is 11.7 Å². The molecule has 0 aromatic heterocycles. The van der Waals surface area contributed by atoms with E-state index in [2.05, 4.69) is 0 Å². The second kappa shape index (κ2) is 6.40. The van der Waals surface area contributed by atoms with Gasteiger partial charge in [0.15, 0.2) is 0 Å². The SMILES string of the molecule is Nc1ccccc1-c1ccccc1Cc1ccc(C(F)(F)F)cc1. The summed E-state index contributed by atoms with van der Waals surface area (Å²) in [5, 5.41) is 0. The average Bonchev–Trinajstić information content (AvgIpc) is 2.56. The molecule has 0 bridgehead atoms. The summed E-state index contributed by atoms with van der Waals surface area (Å²) in [6, 6.07) is 20.7. The first-order chi connectivity index (χ1) is 11.4. The molecule has 0 aliphatic rings. The van der Waals surface area contributed by atoms with E-state index in [-0.39, 0.29) is 0 Å². The number of anilines is 1. The van der Waals surface area contributed by atoms with E-state index in [1.54, 1.807) is 0 Å². The number of halogens is 3. The summed E-state index contributed by atoms with van der Waals surface area (Å²) in [6.07, 6.45) is -3.77. The number of rotatable bonds is 3. The van der Waals surface area contributed by atoms with Crippen LogP contribution < -0.4 is 5.73 Å². The van der Waals surface area contributed by atoms with Gasteiger partial charge in [-0.1, -0.05) is 54.6 Å². The quantitative estimate of drug-likeness (QED) is 0.628. The van der Waals surface area contributed by atoms with Gasteiger partial charge in [-0.25, -0.2) is 0 Å². The van der Waals surface area contributed by atoms with Crippen molar-refractivity contribution in [3.8, 4) is 11.1 Å². The first kappa shape index (κ1) is 16.1. The number of alkyl halides is 3. The smallest absolute Gasteiger partial charge is 0.398 e. The Morgan fingerprint density at radius 2 is 1.29 bits per heavy atom. The van der Waals surface area contributed by atoms with Crippen molar-refractivity contribution in [3.63, 3.8) is 0 Å². The second-order valence-electron chi connectivity index (χ2n) is 5.62. The molecule has 0 atom stereocenters. The monoisotopic (exact) mass is 327 g/mol. The predicted molar refractivity (Wildman–Crippen MR) is 90.5 cm³/mol. The number of nitrogens with two attached hydrogens (primary N) is 1. The molecule has 0 radical (unpaired) electrons. The topological polar surface area (TPSA) is 26.0 Å². The lowest BCUT2D eigenvalue weighted by Gasteiger charge is -2.13. The van der Waals surface area contributed by atoms with E-state index in [9.17, 15) is 13.2 Å². The Bertz CT molecular complexity index is 836. The Labute approximate surface area is 138 Å². The van der Waals surface area contributed by atoms with Crippen LogP contribution in [0.5, 0.6) is 0 Å². The molecule has 2 N–H and O–H groups in total. The molecule has 0 saturated carbocycles. The summed E-state index contributed by atoms with van der Waals surface area (Å²) in [5.41, 5.74) is 9.88. The molecule has 3 aromatic carbocycles. The van der Waals surface area contributed by atoms with Crippen molar-refractivity contribution in [3.05, 3.63) is 89.5 Å². The van der Waals surface area contributed by atoms with Crippen LogP contribution in [0.3, 0.4) is 0 Å². The minimum absolute atomic E-state index is 0.544. The third-order valence-electron chi connectivity index (χ3n) is 3.94.